The number of quaternary nitrogens is 1. The Morgan fingerprint density at radius 2 is 1.29 bits per heavy atom. The Bertz CT molecular complexity index is 1840. The number of nitrogens with two attached hydrogens (primary N) is 2. The van der Waals surface area contributed by atoms with Crippen LogP contribution in [-0.4, -0.2) is 77.6 Å². The first-order chi connectivity index (χ1) is 20.3. The van der Waals surface area contributed by atoms with Gasteiger partial charge in [-0.2, -0.15) is 0 Å². The van der Waals surface area contributed by atoms with E-state index in [2.05, 4.69) is 5.32 Å². The average Bonchev–Trinajstić information content (AvgIpc) is 2.98. The fourth-order valence-corrected chi connectivity index (χ4v) is 5.72. The molecule has 0 unspecified atom stereocenters. The lowest BCUT2D eigenvalue weighted by Crippen LogP contribution is -2.87. The molecule has 42 heavy (non-hydrogen) atoms. The molecule has 0 radical (unpaired) electrons. The number of rotatable bonds is 10. The molecular formula is C30H27N6O6+. The number of nitrogen functional groups attached to an aromatic ring is 1. The van der Waals surface area contributed by atoms with Crippen LogP contribution in [0.2, 0.25) is 0 Å². The van der Waals surface area contributed by atoms with E-state index < -0.39 is 16.7 Å². The predicted octanol–water partition coefficient (Wildman–Crippen LogP) is 1.53. The van der Waals surface area contributed by atoms with Gasteiger partial charge >= 0.3 is 0 Å². The number of nitro benzene ring substituents is 1. The molecule has 0 aromatic heterocycles. The van der Waals surface area contributed by atoms with Crippen molar-refractivity contribution in [3.05, 3.63) is 93.0 Å². The summed E-state index contributed by atoms with van der Waals surface area (Å²) in [4.78, 5) is 65.5. The summed E-state index contributed by atoms with van der Waals surface area (Å²) < 4.78 is 0. The molecule has 0 spiro atoms. The zero-order valence-corrected chi connectivity index (χ0v) is 22.5. The van der Waals surface area contributed by atoms with E-state index in [9.17, 15) is 29.3 Å². The van der Waals surface area contributed by atoms with E-state index in [-0.39, 0.29) is 36.2 Å². The minimum atomic E-state index is -0.552. The van der Waals surface area contributed by atoms with E-state index in [1.54, 1.807) is 42.5 Å². The van der Waals surface area contributed by atoms with Gasteiger partial charge in [0, 0.05) is 59.4 Å². The Balaban J connectivity index is 1.00. The number of hydrogen-bond acceptors (Lipinski definition) is 8. The fourth-order valence-electron chi connectivity index (χ4n) is 5.72. The summed E-state index contributed by atoms with van der Waals surface area (Å²) in [5, 5.41) is 18.8. The number of nitro groups is 1. The summed E-state index contributed by atoms with van der Waals surface area (Å²) in [5.41, 5.74) is 7.64. The molecule has 6 rings (SSSR count). The maximum absolute atomic E-state index is 13.1. The van der Waals surface area contributed by atoms with Crippen LogP contribution in [0.1, 0.15) is 41.4 Å². The Hall–Kier alpha value is -5.20. The number of non-ortho nitro benzene ring substituents is 1. The molecule has 0 atom stereocenters. The number of amides is 4. The summed E-state index contributed by atoms with van der Waals surface area (Å²) >= 11 is 0. The number of carbonyl (C=O) groups excluding carboxylic acids is 4. The molecule has 0 saturated heterocycles. The Morgan fingerprint density at radius 1 is 0.714 bits per heavy atom. The third-order valence-electron chi connectivity index (χ3n) is 7.67. The standard InChI is InChI=1S/C30H26N6O6/c31-19-13-17-3-1-5-21-25(17)23(15-19)29(39)34(27(21)37)11-9-32-7-8-33-10-12-35-28(38)22-6-2-4-18-14-20(36(41)42)16-24(26(18)22)30(35)40/h1-6,13-16,32-33H,7-12,31H2/p+1. The zero-order chi connectivity index (χ0) is 29.5. The number of hydrogen-bond donors (Lipinski definition) is 3. The van der Waals surface area contributed by atoms with Crippen LogP contribution in [0, 0.1) is 10.1 Å². The van der Waals surface area contributed by atoms with Gasteiger partial charge in [-0.15, -0.1) is 0 Å². The van der Waals surface area contributed by atoms with E-state index in [1.807, 2.05) is 11.4 Å². The minimum Gasteiger partial charge on any atom is -0.399 e. The number of nitrogens with zero attached hydrogens (tertiary/aromatic N) is 3. The number of imide groups is 2. The van der Waals surface area contributed by atoms with Crippen LogP contribution < -0.4 is 16.4 Å². The molecule has 0 aliphatic carbocycles. The van der Waals surface area contributed by atoms with E-state index in [4.69, 9.17) is 5.73 Å². The van der Waals surface area contributed by atoms with Crippen LogP contribution >= 0.6 is 0 Å². The topological polar surface area (TPSA) is 173 Å². The molecule has 2 heterocycles. The van der Waals surface area contributed by atoms with Crippen molar-refractivity contribution in [1.29, 1.82) is 0 Å². The monoisotopic (exact) mass is 567 g/mol. The van der Waals surface area contributed by atoms with Gasteiger partial charge in [0.25, 0.3) is 29.3 Å². The largest absolute Gasteiger partial charge is 0.399 e. The third-order valence-corrected chi connectivity index (χ3v) is 7.67. The van der Waals surface area contributed by atoms with Crippen molar-refractivity contribution in [1.82, 2.24) is 15.1 Å². The number of anilines is 1. The lowest BCUT2D eigenvalue weighted by atomic mass is 9.93. The molecule has 12 heteroatoms. The highest BCUT2D eigenvalue weighted by Crippen LogP contribution is 2.34. The van der Waals surface area contributed by atoms with Crippen molar-refractivity contribution in [2.24, 2.45) is 0 Å². The van der Waals surface area contributed by atoms with Gasteiger partial charge in [0.2, 0.25) is 0 Å². The molecule has 0 fully saturated rings. The summed E-state index contributed by atoms with van der Waals surface area (Å²) in [6, 6.07) is 16.2. The molecular weight excluding hydrogens is 540 g/mol. The van der Waals surface area contributed by atoms with Crippen LogP contribution in [0.4, 0.5) is 11.4 Å². The third kappa shape index (κ3) is 4.52. The van der Waals surface area contributed by atoms with Gasteiger partial charge in [0.05, 0.1) is 35.7 Å². The van der Waals surface area contributed by atoms with Crippen molar-refractivity contribution >= 4 is 56.5 Å². The summed E-state index contributed by atoms with van der Waals surface area (Å²) in [6.07, 6.45) is 0. The summed E-state index contributed by atoms with van der Waals surface area (Å²) in [6.45, 7) is 2.34. The van der Waals surface area contributed by atoms with Gasteiger partial charge in [-0.3, -0.25) is 39.1 Å². The molecule has 2 aliphatic rings. The predicted molar refractivity (Wildman–Crippen MR) is 154 cm³/mol. The molecule has 4 aromatic carbocycles. The van der Waals surface area contributed by atoms with E-state index in [0.717, 1.165) is 10.3 Å². The molecule has 4 aromatic rings. The molecule has 4 amide bonds. The van der Waals surface area contributed by atoms with Crippen LogP contribution in [0.5, 0.6) is 0 Å². The summed E-state index contributed by atoms with van der Waals surface area (Å²) in [7, 11) is 0. The van der Waals surface area contributed by atoms with Gasteiger partial charge < -0.3 is 16.4 Å². The average molecular weight is 568 g/mol. The highest BCUT2D eigenvalue weighted by molar-refractivity contribution is 6.26. The Kier molecular flexibility index (Phi) is 6.85. The second-order valence-electron chi connectivity index (χ2n) is 10.3. The van der Waals surface area contributed by atoms with Crippen molar-refractivity contribution in [2.75, 3.05) is 45.0 Å². The van der Waals surface area contributed by atoms with Crippen LogP contribution in [-0.2, 0) is 0 Å². The molecule has 12 nitrogen and oxygen atoms in total. The van der Waals surface area contributed by atoms with Gasteiger partial charge in [-0.1, -0.05) is 24.3 Å². The zero-order valence-electron chi connectivity index (χ0n) is 22.5. The molecule has 0 bridgehead atoms. The Morgan fingerprint density at radius 3 is 1.93 bits per heavy atom. The van der Waals surface area contributed by atoms with Crippen molar-refractivity contribution in [2.45, 2.75) is 0 Å². The number of carbonyl (C=O) groups is 4. The van der Waals surface area contributed by atoms with E-state index >= 15 is 0 Å². The molecule has 212 valence electrons. The van der Waals surface area contributed by atoms with Crippen LogP contribution in [0.25, 0.3) is 21.5 Å². The van der Waals surface area contributed by atoms with Gasteiger partial charge in [0.1, 0.15) is 0 Å². The quantitative estimate of drug-likeness (QED) is 0.0851. The Labute approximate surface area is 239 Å². The SMILES string of the molecule is Nc1cc2c3c(cccc3c1)C(=O)N(CCNCC[NH2+]CCN1C(=O)c3cccc4cc([N+](=O)[O-])cc(c34)C1=O)C2=O. The highest BCUT2D eigenvalue weighted by atomic mass is 16.6. The van der Waals surface area contributed by atoms with Gasteiger partial charge in [-0.05, 0) is 35.0 Å². The minimum absolute atomic E-state index is 0.140. The maximum Gasteiger partial charge on any atom is 0.270 e. The smallest absolute Gasteiger partial charge is 0.270 e. The number of benzene rings is 4. The second kappa shape index (κ2) is 10.7. The first kappa shape index (κ1) is 27.0. The van der Waals surface area contributed by atoms with Crippen molar-refractivity contribution < 1.29 is 29.4 Å². The normalized spacial score (nSPS) is 14.4. The highest BCUT2D eigenvalue weighted by Gasteiger charge is 2.35. The summed E-state index contributed by atoms with van der Waals surface area (Å²) in [5.74, 6) is -1.68. The number of nitrogens with one attached hydrogen (secondary N) is 1. The van der Waals surface area contributed by atoms with E-state index in [1.165, 1.54) is 17.0 Å². The van der Waals surface area contributed by atoms with Crippen LogP contribution in [0.15, 0.2) is 60.7 Å². The van der Waals surface area contributed by atoms with E-state index in [0.29, 0.717) is 64.7 Å². The first-order valence-corrected chi connectivity index (χ1v) is 13.5. The van der Waals surface area contributed by atoms with Crippen molar-refractivity contribution in [3.8, 4) is 0 Å². The molecule has 0 saturated carbocycles. The van der Waals surface area contributed by atoms with Gasteiger partial charge in [-0.25, -0.2) is 0 Å². The molecule has 2 aliphatic heterocycles. The molecule has 5 N–H and O–H groups in total. The van der Waals surface area contributed by atoms with Gasteiger partial charge in [0.15, 0.2) is 0 Å². The van der Waals surface area contributed by atoms with Crippen molar-refractivity contribution in [3.63, 3.8) is 0 Å². The lowest BCUT2D eigenvalue weighted by molar-refractivity contribution is -0.652. The second-order valence-corrected chi connectivity index (χ2v) is 10.3. The first-order valence-electron chi connectivity index (χ1n) is 13.5. The fraction of sp³-hybridized carbons (Fsp3) is 0.200. The maximum atomic E-state index is 13.1. The lowest BCUT2D eigenvalue weighted by Gasteiger charge is -2.27. The van der Waals surface area contributed by atoms with Crippen LogP contribution in [0.3, 0.4) is 0 Å².